The maximum absolute atomic E-state index is 13.5. The number of carbonyl (C=O) groups excluding carboxylic acids is 1. The minimum absolute atomic E-state index is 0.271. The number of hydrogen-bond acceptors (Lipinski definition) is 6. The monoisotopic (exact) mass is 506 g/mol. The van der Waals surface area contributed by atoms with Crippen molar-refractivity contribution in [3.05, 3.63) is 77.6 Å². The van der Waals surface area contributed by atoms with Gasteiger partial charge in [-0.15, -0.1) is 0 Å². The fourth-order valence-corrected chi connectivity index (χ4v) is 4.72. The van der Waals surface area contributed by atoms with Gasteiger partial charge in [-0.1, -0.05) is 12.1 Å². The Morgan fingerprint density at radius 1 is 0.946 bits per heavy atom. The smallest absolute Gasteiger partial charge is 0.337 e. The van der Waals surface area contributed by atoms with Crippen LogP contribution in [-0.2, 0) is 11.3 Å². The molecule has 0 saturated carbocycles. The van der Waals surface area contributed by atoms with Crippen molar-refractivity contribution >= 4 is 11.7 Å². The Morgan fingerprint density at radius 2 is 1.54 bits per heavy atom. The van der Waals surface area contributed by atoms with E-state index in [4.69, 9.17) is 14.2 Å². The second-order valence-corrected chi connectivity index (χ2v) is 9.10. The number of hydrogen-bond donors (Lipinski definition) is 1. The minimum Gasteiger partial charge on any atom is -0.493 e. The summed E-state index contributed by atoms with van der Waals surface area (Å²) in [5.74, 6) is 0.905. The lowest BCUT2D eigenvalue weighted by atomic mass is 9.99. The van der Waals surface area contributed by atoms with Gasteiger partial charge >= 0.3 is 5.97 Å². The molecule has 0 aromatic heterocycles. The SMILES string of the molecule is CCOc1cc(CN2CCC(Nc3ccc(C(=O)OC)cc3)CC2)cc(OCC)c1-c1ccc(F)cc1. The Balaban J connectivity index is 1.43. The number of carbonyl (C=O) groups is 1. The molecule has 0 bridgehead atoms. The second kappa shape index (κ2) is 12.6. The zero-order chi connectivity index (χ0) is 26.2. The number of rotatable bonds is 10. The summed E-state index contributed by atoms with van der Waals surface area (Å²) in [6, 6.07) is 18.4. The fourth-order valence-electron chi connectivity index (χ4n) is 4.72. The van der Waals surface area contributed by atoms with Gasteiger partial charge in [0, 0.05) is 31.4 Å². The predicted octanol–water partition coefficient (Wildman–Crippen LogP) is 6.15. The summed E-state index contributed by atoms with van der Waals surface area (Å²) >= 11 is 0. The fraction of sp³-hybridized carbons (Fsp3) is 0.367. The first kappa shape index (κ1) is 26.5. The standard InChI is InChI=1S/C30H35FN2O4/c1-4-36-27-18-21(19-28(37-5-2)29(27)22-6-10-24(31)11-7-22)20-33-16-14-26(15-17-33)32-25-12-8-23(9-13-25)30(34)35-3/h6-13,18-19,26,32H,4-5,14-17,20H2,1-3H3. The number of halogens is 1. The molecule has 3 aromatic carbocycles. The van der Waals surface area contributed by atoms with Crippen LogP contribution in [0.25, 0.3) is 11.1 Å². The van der Waals surface area contributed by atoms with Crippen LogP contribution in [0.15, 0.2) is 60.7 Å². The predicted molar refractivity (Wildman–Crippen MR) is 144 cm³/mol. The van der Waals surface area contributed by atoms with Crippen molar-refractivity contribution in [3.8, 4) is 22.6 Å². The van der Waals surface area contributed by atoms with Crippen LogP contribution in [-0.4, -0.2) is 50.3 Å². The summed E-state index contributed by atoms with van der Waals surface area (Å²) < 4.78 is 30.4. The third-order valence-corrected chi connectivity index (χ3v) is 6.53. The van der Waals surface area contributed by atoms with Crippen molar-refractivity contribution < 1.29 is 23.4 Å². The highest BCUT2D eigenvalue weighted by Crippen LogP contribution is 2.40. The summed E-state index contributed by atoms with van der Waals surface area (Å²) in [5, 5.41) is 3.59. The lowest BCUT2D eigenvalue weighted by molar-refractivity contribution is 0.0600. The van der Waals surface area contributed by atoms with Gasteiger partial charge in [0.05, 0.1) is 31.5 Å². The summed E-state index contributed by atoms with van der Waals surface area (Å²) in [5.41, 5.74) is 4.40. The molecule has 0 spiro atoms. The minimum atomic E-state index is -0.328. The van der Waals surface area contributed by atoms with Crippen LogP contribution >= 0.6 is 0 Å². The van der Waals surface area contributed by atoms with Crippen LogP contribution in [0, 0.1) is 5.82 Å². The highest BCUT2D eigenvalue weighted by Gasteiger charge is 2.21. The number of anilines is 1. The number of likely N-dealkylation sites (tertiary alicyclic amines) is 1. The van der Waals surface area contributed by atoms with E-state index >= 15 is 0 Å². The van der Waals surface area contributed by atoms with Gasteiger partial charge in [-0.25, -0.2) is 9.18 Å². The number of nitrogens with one attached hydrogen (secondary N) is 1. The Labute approximate surface area is 218 Å². The van der Waals surface area contributed by atoms with Crippen LogP contribution in [0.2, 0.25) is 0 Å². The van der Waals surface area contributed by atoms with Crippen LogP contribution in [0.1, 0.15) is 42.6 Å². The molecule has 0 amide bonds. The third-order valence-electron chi connectivity index (χ3n) is 6.53. The van der Waals surface area contributed by atoms with Crippen molar-refractivity contribution in [1.82, 2.24) is 4.90 Å². The Hall–Kier alpha value is -3.58. The number of methoxy groups -OCH3 is 1. The lowest BCUT2D eigenvalue weighted by Crippen LogP contribution is -2.38. The molecule has 7 heteroatoms. The molecular weight excluding hydrogens is 471 g/mol. The molecule has 3 aromatic rings. The van der Waals surface area contributed by atoms with Gasteiger partial charge in [0.2, 0.25) is 0 Å². The number of benzene rings is 3. The lowest BCUT2D eigenvalue weighted by Gasteiger charge is -2.33. The molecule has 37 heavy (non-hydrogen) atoms. The van der Waals surface area contributed by atoms with E-state index in [2.05, 4.69) is 22.3 Å². The quantitative estimate of drug-likeness (QED) is 0.333. The van der Waals surface area contributed by atoms with E-state index in [9.17, 15) is 9.18 Å². The van der Waals surface area contributed by atoms with Gasteiger partial charge in [-0.2, -0.15) is 0 Å². The summed E-state index contributed by atoms with van der Waals surface area (Å²) in [6.07, 6.45) is 2.03. The Bertz CT molecular complexity index is 1150. The summed E-state index contributed by atoms with van der Waals surface area (Å²) in [7, 11) is 1.39. The van der Waals surface area contributed by atoms with E-state index in [-0.39, 0.29) is 11.8 Å². The van der Waals surface area contributed by atoms with Crippen molar-refractivity contribution in [2.75, 3.05) is 38.7 Å². The largest absolute Gasteiger partial charge is 0.493 e. The van der Waals surface area contributed by atoms with Gasteiger partial charge < -0.3 is 19.5 Å². The zero-order valence-corrected chi connectivity index (χ0v) is 21.8. The van der Waals surface area contributed by atoms with Gasteiger partial charge in [0.15, 0.2) is 0 Å². The maximum atomic E-state index is 13.5. The molecule has 0 atom stereocenters. The molecule has 1 fully saturated rings. The first-order valence-corrected chi connectivity index (χ1v) is 12.9. The number of ether oxygens (including phenoxy) is 3. The van der Waals surface area contributed by atoms with Crippen molar-refractivity contribution in [2.24, 2.45) is 0 Å². The highest BCUT2D eigenvalue weighted by atomic mass is 19.1. The van der Waals surface area contributed by atoms with E-state index < -0.39 is 0 Å². The number of esters is 1. The van der Waals surface area contributed by atoms with Crippen molar-refractivity contribution in [1.29, 1.82) is 0 Å². The van der Waals surface area contributed by atoms with Crippen LogP contribution < -0.4 is 14.8 Å². The summed E-state index contributed by atoms with van der Waals surface area (Å²) in [4.78, 5) is 14.1. The molecule has 1 N–H and O–H groups in total. The molecule has 4 rings (SSSR count). The third kappa shape index (κ3) is 6.80. The van der Waals surface area contributed by atoms with Crippen molar-refractivity contribution in [3.63, 3.8) is 0 Å². The van der Waals surface area contributed by atoms with Crippen LogP contribution in [0.5, 0.6) is 11.5 Å². The Kier molecular flexibility index (Phi) is 9.01. The first-order chi connectivity index (χ1) is 18.0. The van der Waals surface area contributed by atoms with Gasteiger partial charge in [0.25, 0.3) is 0 Å². The molecule has 1 heterocycles. The van der Waals surface area contributed by atoms with E-state index in [0.29, 0.717) is 24.8 Å². The molecular formula is C30H35FN2O4. The molecule has 0 radical (unpaired) electrons. The Morgan fingerprint density at radius 3 is 2.08 bits per heavy atom. The van der Waals surface area contributed by atoms with Crippen molar-refractivity contribution in [2.45, 2.75) is 39.3 Å². The van der Waals surface area contributed by atoms with E-state index in [1.54, 1.807) is 24.3 Å². The van der Waals surface area contributed by atoms with Crippen LogP contribution in [0.3, 0.4) is 0 Å². The molecule has 1 aliphatic heterocycles. The van der Waals surface area contributed by atoms with E-state index in [0.717, 1.165) is 66.4 Å². The van der Waals surface area contributed by atoms with E-state index in [1.807, 2.05) is 26.0 Å². The molecule has 1 saturated heterocycles. The molecule has 196 valence electrons. The normalized spacial score (nSPS) is 14.3. The van der Waals surface area contributed by atoms with Crippen LogP contribution in [0.4, 0.5) is 10.1 Å². The number of piperidine rings is 1. The second-order valence-electron chi connectivity index (χ2n) is 9.10. The van der Waals surface area contributed by atoms with Gasteiger partial charge in [0.1, 0.15) is 17.3 Å². The average Bonchev–Trinajstić information content (AvgIpc) is 2.91. The molecule has 1 aliphatic rings. The molecule has 0 unspecified atom stereocenters. The highest BCUT2D eigenvalue weighted by molar-refractivity contribution is 5.89. The molecule has 6 nitrogen and oxygen atoms in total. The van der Waals surface area contributed by atoms with Gasteiger partial charge in [-0.3, -0.25) is 4.90 Å². The zero-order valence-electron chi connectivity index (χ0n) is 21.8. The summed E-state index contributed by atoms with van der Waals surface area (Å²) in [6.45, 7) is 7.70. The number of nitrogens with zero attached hydrogens (tertiary/aromatic N) is 1. The van der Waals surface area contributed by atoms with Gasteiger partial charge in [-0.05, 0) is 86.3 Å². The molecule has 0 aliphatic carbocycles. The average molecular weight is 507 g/mol. The first-order valence-electron chi connectivity index (χ1n) is 12.9. The maximum Gasteiger partial charge on any atom is 0.337 e. The topological polar surface area (TPSA) is 60.0 Å². The van der Waals surface area contributed by atoms with E-state index in [1.165, 1.54) is 19.2 Å².